The molecular weight excluding hydrogens is 556 g/mol. The van der Waals surface area contributed by atoms with Crippen molar-refractivity contribution in [1.82, 2.24) is 24.7 Å². The van der Waals surface area contributed by atoms with Crippen molar-refractivity contribution in [2.24, 2.45) is 0 Å². The summed E-state index contributed by atoms with van der Waals surface area (Å²) in [5.41, 5.74) is 1.09. The molecule has 220 valence electrons. The van der Waals surface area contributed by atoms with Gasteiger partial charge in [-0.1, -0.05) is 6.07 Å². The van der Waals surface area contributed by atoms with Gasteiger partial charge in [0.05, 0.1) is 27.4 Å². The molecule has 0 fully saturated rings. The number of ether oxygens (including phenoxy) is 3. The number of sulfonamides is 1. The Morgan fingerprint density at radius 2 is 1.71 bits per heavy atom. The monoisotopic (exact) mass is 588 g/mol. The predicted octanol–water partition coefficient (Wildman–Crippen LogP) is 2.19. The lowest BCUT2D eigenvalue weighted by Gasteiger charge is -2.25. The van der Waals surface area contributed by atoms with E-state index in [2.05, 4.69) is 24.9 Å². The first-order valence-corrected chi connectivity index (χ1v) is 14.1. The van der Waals surface area contributed by atoms with Crippen LogP contribution in [0.15, 0.2) is 47.1 Å². The van der Waals surface area contributed by atoms with Gasteiger partial charge in [-0.3, -0.25) is 9.29 Å². The van der Waals surface area contributed by atoms with Gasteiger partial charge in [0.25, 0.3) is 0 Å². The molecule has 4 aromatic rings. The topological polar surface area (TPSA) is 184 Å². The van der Waals surface area contributed by atoms with Crippen molar-refractivity contribution >= 4 is 16.0 Å². The van der Waals surface area contributed by atoms with Crippen molar-refractivity contribution in [3.05, 3.63) is 59.9 Å². The normalized spacial score (nSPS) is 13.9. The zero-order chi connectivity index (χ0) is 29.7. The van der Waals surface area contributed by atoms with Crippen LogP contribution in [0.2, 0.25) is 0 Å². The summed E-state index contributed by atoms with van der Waals surface area (Å²) in [6.45, 7) is 4.03. The molecule has 4 rings (SSSR count). The third kappa shape index (κ3) is 6.48. The number of aryl methyl sites for hydroxylation is 2. The first kappa shape index (κ1) is 29.9. The Morgan fingerprint density at radius 3 is 2.27 bits per heavy atom. The minimum atomic E-state index is -4.29. The lowest BCUT2D eigenvalue weighted by atomic mass is 10.2. The van der Waals surface area contributed by atoms with Crippen molar-refractivity contribution in [2.75, 3.05) is 32.2 Å². The van der Waals surface area contributed by atoms with Gasteiger partial charge in [0.2, 0.25) is 21.8 Å². The highest BCUT2D eigenvalue weighted by atomic mass is 32.2. The molecule has 1 unspecified atom stereocenters. The van der Waals surface area contributed by atoms with Crippen LogP contribution in [0.3, 0.4) is 0 Å². The van der Waals surface area contributed by atoms with E-state index in [0.29, 0.717) is 28.7 Å². The molecule has 0 bridgehead atoms. The van der Waals surface area contributed by atoms with E-state index in [0.717, 1.165) is 5.56 Å². The van der Waals surface area contributed by atoms with E-state index in [1.165, 1.54) is 38.1 Å². The van der Waals surface area contributed by atoms with E-state index in [1.54, 1.807) is 44.2 Å². The second-order valence-electron chi connectivity index (χ2n) is 9.17. The maximum Gasteiger partial charge on any atom is 0.243 e. The summed E-state index contributed by atoms with van der Waals surface area (Å²) in [5.74, 6) is 1.74. The Morgan fingerprint density at radius 1 is 1.05 bits per heavy atom. The second kappa shape index (κ2) is 12.6. The molecule has 3 N–H and O–H groups in total. The van der Waals surface area contributed by atoms with Crippen LogP contribution in [-0.4, -0.2) is 82.2 Å². The number of furan rings is 1. The molecule has 14 nitrogen and oxygen atoms in total. The number of hydrogen-bond acceptors (Lipinski definition) is 12. The molecule has 0 aliphatic rings. The van der Waals surface area contributed by atoms with E-state index in [-0.39, 0.29) is 24.2 Å². The number of aliphatic hydroxyl groups is 2. The largest absolute Gasteiger partial charge is 0.494 e. The zero-order valence-electron chi connectivity index (χ0n) is 23.2. The Kier molecular flexibility index (Phi) is 9.22. The van der Waals surface area contributed by atoms with Gasteiger partial charge in [-0.15, -0.1) is 10.2 Å². The third-order valence-corrected chi connectivity index (χ3v) is 7.83. The lowest BCUT2D eigenvalue weighted by Crippen LogP contribution is -2.35. The molecule has 0 amide bonds. The van der Waals surface area contributed by atoms with E-state index < -0.39 is 34.1 Å². The van der Waals surface area contributed by atoms with E-state index in [4.69, 9.17) is 18.6 Å². The van der Waals surface area contributed by atoms with E-state index >= 15 is 0 Å². The van der Waals surface area contributed by atoms with Crippen LogP contribution in [0.5, 0.6) is 11.5 Å². The molecular formula is C26H32N6O8S. The first-order valence-electron chi connectivity index (χ1n) is 12.5. The summed E-state index contributed by atoms with van der Waals surface area (Å²) >= 11 is 0. The van der Waals surface area contributed by atoms with Crippen LogP contribution in [0.4, 0.5) is 5.95 Å². The third-order valence-electron chi connectivity index (χ3n) is 6.13. The highest BCUT2D eigenvalue weighted by Crippen LogP contribution is 2.38. The van der Waals surface area contributed by atoms with Gasteiger partial charge >= 0.3 is 0 Å². The number of rotatable bonds is 13. The summed E-state index contributed by atoms with van der Waals surface area (Å²) in [5, 5.41) is 26.1. The maximum absolute atomic E-state index is 13.8. The molecule has 1 aromatic carbocycles. The van der Waals surface area contributed by atoms with Crippen molar-refractivity contribution in [1.29, 1.82) is 0 Å². The summed E-state index contributed by atoms with van der Waals surface area (Å²) in [6.07, 6.45) is 0.608. The number of nitrogens with zero attached hydrogens (tertiary/aromatic N) is 5. The highest BCUT2D eigenvalue weighted by molar-refractivity contribution is 7.93. The number of benzene rings is 1. The zero-order valence-corrected chi connectivity index (χ0v) is 24.0. The molecule has 41 heavy (non-hydrogen) atoms. The predicted molar refractivity (Wildman–Crippen MR) is 147 cm³/mol. The first-order chi connectivity index (χ1) is 19.6. The molecule has 0 radical (unpaired) electrons. The van der Waals surface area contributed by atoms with Gasteiger partial charge in [-0.05, 0) is 50.6 Å². The number of hydrogen-bond donors (Lipinski definition) is 3. The average Bonchev–Trinajstić information content (AvgIpc) is 3.58. The number of aromatic nitrogens is 5. The summed E-state index contributed by atoms with van der Waals surface area (Å²) in [7, 11) is -1.36. The Labute approximate surface area is 237 Å². The molecule has 0 saturated carbocycles. The van der Waals surface area contributed by atoms with Crippen LogP contribution in [-0.2, 0) is 14.8 Å². The van der Waals surface area contributed by atoms with E-state index in [9.17, 15) is 18.6 Å². The number of para-hydroxylation sites is 1. The lowest BCUT2D eigenvalue weighted by molar-refractivity contribution is -0.0324. The number of anilines is 1. The minimum Gasteiger partial charge on any atom is -0.494 e. The average molecular weight is 589 g/mol. The van der Waals surface area contributed by atoms with Gasteiger partial charge in [0.15, 0.2) is 11.6 Å². The molecule has 15 heteroatoms. The van der Waals surface area contributed by atoms with Crippen LogP contribution in [0, 0.1) is 13.8 Å². The van der Waals surface area contributed by atoms with Gasteiger partial charge in [-0.25, -0.2) is 18.4 Å². The number of methoxy groups -OCH3 is 2. The molecule has 0 spiro atoms. The fourth-order valence-corrected chi connectivity index (χ4v) is 5.05. The fraction of sp³-hybridized carbons (Fsp3) is 0.385. The quantitative estimate of drug-likeness (QED) is 0.207. The molecule has 3 atom stereocenters. The van der Waals surface area contributed by atoms with Gasteiger partial charge < -0.3 is 28.8 Å². The molecule has 0 saturated heterocycles. The van der Waals surface area contributed by atoms with Crippen molar-refractivity contribution < 1.29 is 37.3 Å². The van der Waals surface area contributed by atoms with Gasteiger partial charge in [0, 0.05) is 12.4 Å². The van der Waals surface area contributed by atoms with Crippen LogP contribution in [0.25, 0.3) is 17.3 Å². The minimum absolute atomic E-state index is 0.0817. The van der Waals surface area contributed by atoms with Crippen molar-refractivity contribution in [3.63, 3.8) is 0 Å². The fourth-order valence-electron chi connectivity index (χ4n) is 3.95. The Balaban J connectivity index is 1.80. The summed E-state index contributed by atoms with van der Waals surface area (Å²) in [4.78, 5) is 8.46. The molecule has 3 aromatic heterocycles. The number of nitrogens with one attached hydrogen (secondary N) is 1. The van der Waals surface area contributed by atoms with Crippen LogP contribution < -0.4 is 14.2 Å². The molecule has 0 aliphatic carbocycles. The summed E-state index contributed by atoms with van der Waals surface area (Å²) < 4.78 is 54.2. The van der Waals surface area contributed by atoms with Crippen molar-refractivity contribution in [2.45, 2.75) is 38.2 Å². The van der Waals surface area contributed by atoms with Crippen LogP contribution >= 0.6 is 0 Å². The molecule has 0 aliphatic heterocycles. The van der Waals surface area contributed by atoms with Gasteiger partial charge in [-0.2, -0.15) is 0 Å². The SMILES string of the molecule is COc1cccc(OC)c1-n1c(NS(=O)(=O)[C@@H](C)[C@@H](OCC(O)CO)c2ncc(C)cn2)nnc1-c1ccc(C)o1. The van der Waals surface area contributed by atoms with Gasteiger partial charge in [0.1, 0.15) is 40.4 Å². The smallest absolute Gasteiger partial charge is 0.243 e. The van der Waals surface area contributed by atoms with Crippen molar-refractivity contribution in [3.8, 4) is 28.8 Å². The van der Waals surface area contributed by atoms with Crippen LogP contribution in [0.1, 0.15) is 30.2 Å². The maximum atomic E-state index is 13.8. The highest BCUT2D eigenvalue weighted by Gasteiger charge is 2.36. The summed E-state index contributed by atoms with van der Waals surface area (Å²) in [6, 6.07) is 8.51. The van der Waals surface area contributed by atoms with E-state index in [1.807, 2.05) is 0 Å². The molecule has 3 heterocycles. The second-order valence-corrected chi connectivity index (χ2v) is 11.2. The number of aliphatic hydroxyl groups excluding tert-OH is 2. The Bertz CT molecular complexity index is 1550. The standard InChI is InChI=1S/C26H32N6O8S/c1-15-11-27-24(28-12-15)23(39-14-18(34)13-33)17(3)41(35,36)31-26-30-29-25(21-10-9-16(2)40-21)32(26)22-19(37-4)7-6-8-20(22)38-5/h6-12,17-18,23,33-34H,13-14H2,1-5H3,(H,30,31)/t17-,18?,23+/m0/s1. The Hall–Kier alpha value is -4.05.